The zero-order chi connectivity index (χ0) is 10.1. The van der Waals surface area contributed by atoms with Crippen LogP contribution < -0.4 is 5.73 Å². The van der Waals surface area contributed by atoms with Gasteiger partial charge in [0.05, 0.1) is 12.0 Å². The summed E-state index contributed by atoms with van der Waals surface area (Å²) < 4.78 is 10.1. The molecule has 2 rings (SSSR count). The van der Waals surface area contributed by atoms with Gasteiger partial charge in [-0.2, -0.15) is 0 Å². The maximum atomic E-state index is 5.63. The summed E-state index contributed by atoms with van der Waals surface area (Å²) >= 11 is 0. The first-order valence-electron chi connectivity index (χ1n) is 4.35. The molecule has 1 aromatic heterocycles. The SMILES string of the molecule is COCc1cc2onc(N)c2cc1C. The number of ether oxygens (including phenoxy) is 1. The first-order valence-corrected chi connectivity index (χ1v) is 4.35. The monoisotopic (exact) mass is 192 g/mol. The average molecular weight is 192 g/mol. The number of nitrogens with two attached hydrogens (primary N) is 1. The largest absolute Gasteiger partial charge is 0.380 e. The van der Waals surface area contributed by atoms with E-state index in [4.69, 9.17) is 15.0 Å². The van der Waals surface area contributed by atoms with E-state index in [0.29, 0.717) is 18.0 Å². The van der Waals surface area contributed by atoms with E-state index in [-0.39, 0.29) is 0 Å². The molecule has 0 saturated carbocycles. The van der Waals surface area contributed by atoms with Crippen LogP contribution in [0.25, 0.3) is 11.0 Å². The van der Waals surface area contributed by atoms with Crippen LogP contribution in [0.15, 0.2) is 16.7 Å². The van der Waals surface area contributed by atoms with Crippen molar-refractivity contribution in [3.63, 3.8) is 0 Å². The van der Waals surface area contributed by atoms with E-state index < -0.39 is 0 Å². The molecule has 1 heterocycles. The van der Waals surface area contributed by atoms with Gasteiger partial charge < -0.3 is 15.0 Å². The van der Waals surface area contributed by atoms with Crippen LogP contribution in [0.4, 0.5) is 5.82 Å². The summed E-state index contributed by atoms with van der Waals surface area (Å²) in [6.07, 6.45) is 0. The van der Waals surface area contributed by atoms with Crippen LogP contribution in [0, 0.1) is 6.92 Å². The minimum Gasteiger partial charge on any atom is -0.380 e. The summed E-state index contributed by atoms with van der Waals surface area (Å²) in [6.45, 7) is 2.59. The van der Waals surface area contributed by atoms with E-state index >= 15 is 0 Å². The van der Waals surface area contributed by atoms with E-state index in [2.05, 4.69) is 5.16 Å². The van der Waals surface area contributed by atoms with Crippen LogP contribution in [-0.4, -0.2) is 12.3 Å². The number of hydrogen-bond donors (Lipinski definition) is 1. The highest BCUT2D eigenvalue weighted by Gasteiger charge is 2.08. The number of fused-ring (bicyclic) bond motifs is 1. The zero-order valence-corrected chi connectivity index (χ0v) is 8.20. The third-order valence-electron chi connectivity index (χ3n) is 2.26. The lowest BCUT2D eigenvalue weighted by Crippen LogP contribution is -1.91. The zero-order valence-electron chi connectivity index (χ0n) is 8.20. The summed E-state index contributed by atoms with van der Waals surface area (Å²) in [5, 5.41) is 4.56. The van der Waals surface area contributed by atoms with Crippen molar-refractivity contribution < 1.29 is 9.26 Å². The van der Waals surface area contributed by atoms with Crippen LogP contribution in [-0.2, 0) is 11.3 Å². The van der Waals surface area contributed by atoms with Crippen LogP contribution in [0.1, 0.15) is 11.1 Å². The van der Waals surface area contributed by atoms with E-state index in [0.717, 1.165) is 16.5 Å². The Morgan fingerprint density at radius 3 is 3.00 bits per heavy atom. The minimum absolute atomic E-state index is 0.437. The second kappa shape index (κ2) is 3.31. The summed E-state index contributed by atoms with van der Waals surface area (Å²) in [5.41, 5.74) is 8.57. The van der Waals surface area contributed by atoms with Crippen LogP contribution >= 0.6 is 0 Å². The first-order chi connectivity index (χ1) is 6.72. The van der Waals surface area contributed by atoms with Gasteiger partial charge in [0.25, 0.3) is 0 Å². The van der Waals surface area contributed by atoms with Crippen molar-refractivity contribution in [1.82, 2.24) is 5.16 Å². The van der Waals surface area contributed by atoms with Crippen LogP contribution in [0.2, 0.25) is 0 Å². The molecule has 0 amide bonds. The Bertz CT molecular complexity index is 462. The molecule has 2 N–H and O–H groups in total. The van der Waals surface area contributed by atoms with Crippen molar-refractivity contribution in [3.8, 4) is 0 Å². The summed E-state index contributed by atoms with van der Waals surface area (Å²) in [6, 6.07) is 3.88. The van der Waals surface area contributed by atoms with Gasteiger partial charge in [-0.3, -0.25) is 0 Å². The normalized spacial score (nSPS) is 11.0. The summed E-state index contributed by atoms with van der Waals surface area (Å²) in [4.78, 5) is 0. The molecule has 0 radical (unpaired) electrons. The lowest BCUT2D eigenvalue weighted by atomic mass is 10.1. The van der Waals surface area contributed by atoms with Crippen LogP contribution in [0.5, 0.6) is 0 Å². The van der Waals surface area contributed by atoms with Crippen molar-refractivity contribution in [1.29, 1.82) is 0 Å². The fourth-order valence-electron chi connectivity index (χ4n) is 1.46. The molecule has 0 saturated heterocycles. The van der Waals surface area contributed by atoms with Crippen molar-refractivity contribution in [2.24, 2.45) is 0 Å². The lowest BCUT2D eigenvalue weighted by Gasteiger charge is -2.03. The van der Waals surface area contributed by atoms with Gasteiger partial charge in [0.15, 0.2) is 11.4 Å². The molecule has 0 aliphatic carbocycles. The second-order valence-corrected chi connectivity index (χ2v) is 3.28. The van der Waals surface area contributed by atoms with E-state index in [1.807, 2.05) is 19.1 Å². The van der Waals surface area contributed by atoms with E-state index in [1.165, 1.54) is 0 Å². The highest BCUT2D eigenvalue weighted by Crippen LogP contribution is 2.24. The van der Waals surface area contributed by atoms with Gasteiger partial charge >= 0.3 is 0 Å². The number of benzene rings is 1. The fraction of sp³-hybridized carbons (Fsp3) is 0.300. The van der Waals surface area contributed by atoms with Crippen molar-refractivity contribution in [2.75, 3.05) is 12.8 Å². The van der Waals surface area contributed by atoms with Crippen molar-refractivity contribution in [3.05, 3.63) is 23.3 Å². The Kier molecular flexibility index (Phi) is 2.13. The Hall–Kier alpha value is -1.55. The van der Waals surface area contributed by atoms with Gasteiger partial charge in [-0.25, -0.2) is 0 Å². The molecule has 2 aromatic rings. The summed E-state index contributed by atoms with van der Waals surface area (Å²) in [7, 11) is 1.67. The smallest absolute Gasteiger partial charge is 0.174 e. The van der Waals surface area contributed by atoms with Crippen molar-refractivity contribution >= 4 is 16.8 Å². The second-order valence-electron chi connectivity index (χ2n) is 3.28. The molecule has 0 aliphatic rings. The Balaban J connectivity index is 2.60. The van der Waals surface area contributed by atoms with E-state index in [1.54, 1.807) is 7.11 Å². The fourth-order valence-corrected chi connectivity index (χ4v) is 1.46. The molecule has 4 nitrogen and oxygen atoms in total. The third kappa shape index (κ3) is 1.33. The van der Waals surface area contributed by atoms with Gasteiger partial charge in [-0.05, 0) is 30.2 Å². The molecule has 1 aromatic carbocycles. The molecule has 0 fully saturated rings. The molecule has 4 heteroatoms. The molecule has 0 aliphatic heterocycles. The minimum atomic E-state index is 0.437. The predicted molar refractivity (Wildman–Crippen MR) is 53.9 cm³/mol. The topological polar surface area (TPSA) is 61.3 Å². The van der Waals surface area contributed by atoms with Gasteiger partial charge in [0.1, 0.15) is 0 Å². The number of nitrogen functional groups attached to an aromatic ring is 1. The predicted octanol–water partition coefficient (Wildman–Crippen LogP) is 1.86. The molecule has 14 heavy (non-hydrogen) atoms. The molecular weight excluding hydrogens is 180 g/mol. The highest BCUT2D eigenvalue weighted by molar-refractivity contribution is 5.88. The van der Waals surface area contributed by atoms with E-state index in [9.17, 15) is 0 Å². The molecular formula is C10H12N2O2. The maximum Gasteiger partial charge on any atom is 0.174 e. The molecule has 0 unspecified atom stereocenters. The van der Waals surface area contributed by atoms with Gasteiger partial charge in [-0.1, -0.05) is 5.16 Å². The number of hydrogen-bond acceptors (Lipinski definition) is 4. The van der Waals surface area contributed by atoms with Gasteiger partial charge in [0, 0.05) is 7.11 Å². The van der Waals surface area contributed by atoms with Crippen LogP contribution in [0.3, 0.4) is 0 Å². The van der Waals surface area contributed by atoms with Gasteiger partial charge in [-0.15, -0.1) is 0 Å². The highest BCUT2D eigenvalue weighted by atomic mass is 16.5. The average Bonchev–Trinajstić information content (AvgIpc) is 2.50. The third-order valence-corrected chi connectivity index (χ3v) is 2.26. The Morgan fingerprint density at radius 2 is 2.29 bits per heavy atom. The van der Waals surface area contributed by atoms with Gasteiger partial charge in [0.2, 0.25) is 0 Å². The molecule has 0 spiro atoms. The molecule has 74 valence electrons. The summed E-state index contributed by atoms with van der Waals surface area (Å²) in [5.74, 6) is 0.437. The quantitative estimate of drug-likeness (QED) is 0.788. The lowest BCUT2D eigenvalue weighted by molar-refractivity contribution is 0.184. The Labute approximate surface area is 81.6 Å². The number of methoxy groups -OCH3 is 1. The number of rotatable bonds is 2. The standard InChI is InChI=1S/C10H12N2O2/c1-6-3-8-9(14-12-10(8)11)4-7(6)5-13-2/h3-4H,5H2,1-2H3,(H2,11,12). The number of nitrogens with zero attached hydrogens (tertiary/aromatic N) is 1. The van der Waals surface area contributed by atoms with Crippen molar-refractivity contribution in [2.45, 2.75) is 13.5 Å². The number of aryl methyl sites for hydroxylation is 1. The molecule has 0 bridgehead atoms. The molecule has 0 atom stereocenters. The number of aromatic nitrogens is 1. The number of anilines is 1. The Morgan fingerprint density at radius 1 is 1.50 bits per heavy atom. The maximum absolute atomic E-state index is 5.63. The first kappa shape index (κ1) is 9.02.